The lowest BCUT2D eigenvalue weighted by molar-refractivity contribution is 0.569. The molecule has 0 saturated carbocycles. The maximum Gasteiger partial charge on any atom is 0.242 e. The molecule has 0 fully saturated rings. The van der Waals surface area contributed by atoms with Gasteiger partial charge in [0.2, 0.25) is 10.0 Å². The van der Waals surface area contributed by atoms with E-state index in [4.69, 9.17) is 23.2 Å². The van der Waals surface area contributed by atoms with Gasteiger partial charge >= 0.3 is 0 Å². The van der Waals surface area contributed by atoms with Gasteiger partial charge in [-0.1, -0.05) is 41.4 Å². The Kier molecular flexibility index (Phi) is 5.86. The molecular formula is C15H17Cl2N3O2S. The number of hydrogen-bond acceptors (Lipinski definition) is 4. The zero-order valence-corrected chi connectivity index (χ0v) is 15.0. The Morgan fingerprint density at radius 2 is 1.91 bits per heavy atom. The molecule has 124 valence electrons. The summed E-state index contributed by atoms with van der Waals surface area (Å²) in [6.45, 7) is 2.18. The second-order valence-corrected chi connectivity index (χ2v) is 7.62. The monoisotopic (exact) mass is 373 g/mol. The van der Waals surface area contributed by atoms with Crippen molar-refractivity contribution in [1.29, 1.82) is 0 Å². The van der Waals surface area contributed by atoms with Gasteiger partial charge in [0.05, 0.1) is 5.02 Å². The number of sulfonamides is 1. The van der Waals surface area contributed by atoms with Crippen LogP contribution in [-0.2, 0) is 10.0 Å². The average Bonchev–Trinajstić information content (AvgIpc) is 2.55. The highest BCUT2D eigenvalue weighted by atomic mass is 35.5. The molecule has 1 N–H and O–H groups in total. The number of hydrogen-bond donors (Lipinski definition) is 1. The number of nitrogens with zero attached hydrogens (tertiary/aromatic N) is 2. The lowest BCUT2D eigenvalue weighted by Crippen LogP contribution is -2.40. The molecule has 5 nitrogen and oxygen atoms in total. The van der Waals surface area contributed by atoms with Crippen LogP contribution in [0.1, 0.15) is 6.92 Å². The molecule has 0 aliphatic carbocycles. The first-order valence-electron chi connectivity index (χ1n) is 6.90. The molecule has 0 saturated heterocycles. The summed E-state index contributed by atoms with van der Waals surface area (Å²) in [5, 5.41) is 0.173. The molecule has 23 heavy (non-hydrogen) atoms. The van der Waals surface area contributed by atoms with Gasteiger partial charge in [0.25, 0.3) is 0 Å². The molecule has 1 unspecified atom stereocenters. The van der Waals surface area contributed by atoms with Gasteiger partial charge in [0.15, 0.2) is 0 Å². The van der Waals surface area contributed by atoms with Crippen LogP contribution in [0.5, 0.6) is 0 Å². The third kappa shape index (κ3) is 4.57. The van der Waals surface area contributed by atoms with Gasteiger partial charge < -0.3 is 4.90 Å². The van der Waals surface area contributed by atoms with E-state index in [1.807, 2.05) is 49.2 Å². The molecule has 2 aromatic rings. The van der Waals surface area contributed by atoms with Crippen molar-refractivity contribution in [3.05, 3.63) is 52.8 Å². The lowest BCUT2D eigenvalue weighted by atomic mass is 10.2. The van der Waals surface area contributed by atoms with Gasteiger partial charge in [-0.3, -0.25) is 0 Å². The quantitative estimate of drug-likeness (QED) is 0.789. The Bertz CT molecular complexity index is 770. The summed E-state index contributed by atoms with van der Waals surface area (Å²) in [6, 6.07) is 11.0. The van der Waals surface area contributed by atoms with E-state index in [0.29, 0.717) is 0 Å². The van der Waals surface area contributed by atoms with Crippen molar-refractivity contribution >= 4 is 38.9 Å². The van der Waals surface area contributed by atoms with E-state index < -0.39 is 10.0 Å². The minimum absolute atomic E-state index is 0.0125. The minimum atomic E-state index is -3.69. The number of nitrogens with one attached hydrogen (secondary N) is 1. The van der Waals surface area contributed by atoms with Gasteiger partial charge in [0.1, 0.15) is 10.0 Å². The van der Waals surface area contributed by atoms with E-state index >= 15 is 0 Å². The van der Waals surface area contributed by atoms with Crippen molar-refractivity contribution < 1.29 is 8.42 Å². The molecule has 0 spiro atoms. The van der Waals surface area contributed by atoms with E-state index in [2.05, 4.69) is 9.71 Å². The first-order chi connectivity index (χ1) is 10.8. The van der Waals surface area contributed by atoms with Gasteiger partial charge in [-0.05, 0) is 25.1 Å². The highest BCUT2D eigenvalue weighted by Gasteiger charge is 2.18. The van der Waals surface area contributed by atoms with Crippen LogP contribution in [0.2, 0.25) is 10.2 Å². The smallest absolute Gasteiger partial charge is 0.242 e. The van der Waals surface area contributed by atoms with Crippen molar-refractivity contribution in [3.8, 4) is 0 Å². The van der Waals surface area contributed by atoms with Crippen molar-refractivity contribution in [1.82, 2.24) is 9.71 Å². The van der Waals surface area contributed by atoms with E-state index in [-0.39, 0.29) is 27.7 Å². The predicted octanol–water partition coefficient (Wildman–Crippen LogP) is 3.19. The Balaban J connectivity index is 2.05. The molecule has 2 rings (SSSR count). The fourth-order valence-corrected chi connectivity index (χ4v) is 3.34. The van der Waals surface area contributed by atoms with Crippen LogP contribution in [0.3, 0.4) is 0 Å². The zero-order chi connectivity index (χ0) is 17.0. The second kappa shape index (κ2) is 7.49. The molecule has 0 radical (unpaired) electrons. The number of halogens is 2. The van der Waals surface area contributed by atoms with E-state index in [9.17, 15) is 8.42 Å². The summed E-state index contributed by atoms with van der Waals surface area (Å²) >= 11 is 11.5. The van der Waals surface area contributed by atoms with E-state index in [0.717, 1.165) is 5.69 Å². The summed E-state index contributed by atoms with van der Waals surface area (Å²) in [7, 11) is -1.78. The van der Waals surface area contributed by atoms with Crippen LogP contribution in [0.15, 0.2) is 47.5 Å². The first kappa shape index (κ1) is 18.0. The third-order valence-electron chi connectivity index (χ3n) is 3.47. The molecule has 0 bridgehead atoms. The molecule has 1 atom stereocenters. The van der Waals surface area contributed by atoms with E-state index in [1.165, 1.54) is 12.3 Å². The number of anilines is 1. The summed E-state index contributed by atoms with van der Waals surface area (Å²) in [5.41, 5.74) is 1.01. The molecule has 1 heterocycles. The SMILES string of the molecule is CC(CNS(=O)(=O)c1cnc(Cl)c(Cl)c1)N(C)c1ccccc1. The number of aromatic nitrogens is 1. The molecule has 1 aromatic carbocycles. The molecule has 0 amide bonds. The number of rotatable bonds is 6. The van der Waals surface area contributed by atoms with Crippen LogP contribution in [0.4, 0.5) is 5.69 Å². The maximum atomic E-state index is 12.3. The number of pyridine rings is 1. The Morgan fingerprint density at radius 3 is 2.52 bits per heavy atom. The largest absolute Gasteiger partial charge is 0.371 e. The fourth-order valence-electron chi connectivity index (χ4n) is 1.92. The Morgan fingerprint density at radius 1 is 1.26 bits per heavy atom. The van der Waals surface area contributed by atoms with Gasteiger partial charge in [-0.15, -0.1) is 0 Å². The summed E-state index contributed by atoms with van der Waals surface area (Å²) in [5.74, 6) is 0. The number of likely N-dealkylation sites (N-methyl/N-ethyl adjacent to an activating group) is 1. The van der Waals surface area contributed by atoms with Crippen molar-refractivity contribution in [2.24, 2.45) is 0 Å². The van der Waals surface area contributed by atoms with Gasteiger partial charge in [-0.2, -0.15) is 0 Å². The van der Waals surface area contributed by atoms with Crippen LogP contribution < -0.4 is 9.62 Å². The third-order valence-corrected chi connectivity index (χ3v) is 5.55. The molecule has 0 aliphatic rings. The molecule has 8 heteroatoms. The summed E-state index contributed by atoms with van der Waals surface area (Å²) in [4.78, 5) is 5.74. The predicted molar refractivity (Wildman–Crippen MR) is 93.8 cm³/mol. The van der Waals surface area contributed by atoms with Gasteiger partial charge in [0, 0.05) is 31.5 Å². The molecular weight excluding hydrogens is 357 g/mol. The average molecular weight is 374 g/mol. The van der Waals surface area contributed by atoms with Crippen molar-refractivity contribution in [2.45, 2.75) is 17.9 Å². The second-order valence-electron chi connectivity index (χ2n) is 5.09. The van der Waals surface area contributed by atoms with Gasteiger partial charge in [-0.25, -0.2) is 18.1 Å². The zero-order valence-electron chi connectivity index (χ0n) is 12.7. The van der Waals surface area contributed by atoms with Crippen molar-refractivity contribution in [3.63, 3.8) is 0 Å². The topological polar surface area (TPSA) is 62.3 Å². The minimum Gasteiger partial charge on any atom is -0.371 e. The Hall–Kier alpha value is -1.34. The first-order valence-corrected chi connectivity index (χ1v) is 9.14. The molecule has 0 aliphatic heterocycles. The number of benzene rings is 1. The highest BCUT2D eigenvalue weighted by Crippen LogP contribution is 2.22. The maximum absolute atomic E-state index is 12.3. The lowest BCUT2D eigenvalue weighted by Gasteiger charge is -2.27. The fraction of sp³-hybridized carbons (Fsp3) is 0.267. The van der Waals surface area contributed by atoms with Crippen molar-refractivity contribution in [2.75, 3.05) is 18.5 Å². The van der Waals surface area contributed by atoms with Crippen LogP contribution in [-0.4, -0.2) is 33.0 Å². The Labute approximate surface area is 146 Å². The van der Waals surface area contributed by atoms with Crippen LogP contribution in [0.25, 0.3) is 0 Å². The van der Waals surface area contributed by atoms with Crippen LogP contribution in [0, 0.1) is 0 Å². The van der Waals surface area contributed by atoms with Crippen LogP contribution >= 0.6 is 23.2 Å². The number of para-hydroxylation sites is 1. The summed E-state index contributed by atoms with van der Waals surface area (Å²) < 4.78 is 27.1. The highest BCUT2D eigenvalue weighted by molar-refractivity contribution is 7.89. The van der Waals surface area contributed by atoms with E-state index in [1.54, 1.807) is 0 Å². The normalized spacial score (nSPS) is 12.9. The molecule has 1 aromatic heterocycles. The summed E-state index contributed by atoms with van der Waals surface area (Å²) in [6.07, 6.45) is 1.18. The standard InChI is InChI=1S/C15H17Cl2N3O2S/c1-11(20(2)12-6-4-3-5-7-12)9-19-23(21,22)13-8-14(16)15(17)18-10-13/h3-8,10-11,19H,9H2,1-2H3.